The zero-order valence-electron chi connectivity index (χ0n) is 9.56. The normalized spacial score (nSPS) is 17.5. The summed E-state index contributed by atoms with van der Waals surface area (Å²) >= 11 is 6.17. The summed E-state index contributed by atoms with van der Waals surface area (Å²) < 4.78 is 1.34. The van der Waals surface area contributed by atoms with Crippen LogP contribution in [0.2, 0.25) is 0 Å². The van der Waals surface area contributed by atoms with Gasteiger partial charge in [-0.2, -0.15) is 11.8 Å². The Morgan fingerprint density at radius 2 is 2.18 bits per heavy atom. The summed E-state index contributed by atoms with van der Waals surface area (Å²) in [5.41, 5.74) is 5.99. The highest BCUT2D eigenvalue weighted by atomic mass is 127. The van der Waals surface area contributed by atoms with Gasteiger partial charge in [-0.05, 0) is 34.7 Å². The molecular weight excluding hydrogens is 365 g/mol. The molecule has 0 amide bonds. The third-order valence-corrected chi connectivity index (χ3v) is 5.49. The van der Waals surface area contributed by atoms with Crippen molar-refractivity contribution < 1.29 is 0 Å². The Morgan fingerprint density at radius 3 is 2.82 bits per heavy atom. The summed E-state index contributed by atoms with van der Waals surface area (Å²) in [6.07, 6.45) is 0.997. The second kappa shape index (κ2) is 6.84. The van der Waals surface area contributed by atoms with E-state index in [9.17, 15) is 0 Å². The molecule has 3 nitrogen and oxygen atoms in total. The second-order valence-electron chi connectivity index (χ2n) is 3.80. The van der Waals surface area contributed by atoms with E-state index in [1.54, 1.807) is 0 Å². The van der Waals surface area contributed by atoms with Gasteiger partial charge in [0.1, 0.15) is 0 Å². The van der Waals surface area contributed by atoms with Crippen LogP contribution in [0.15, 0.2) is 17.1 Å². The SMILES string of the molecule is NC(=NCCc1ccc(I)s1)N1CCSCC1. The molecule has 0 aliphatic carbocycles. The van der Waals surface area contributed by atoms with Gasteiger partial charge in [-0.3, -0.25) is 4.99 Å². The van der Waals surface area contributed by atoms with Gasteiger partial charge in [-0.25, -0.2) is 0 Å². The lowest BCUT2D eigenvalue weighted by atomic mass is 10.3. The van der Waals surface area contributed by atoms with Crippen molar-refractivity contribution in [3.8, 4) is 0 Å². The van der Waals surface area contributed by atoms with Gasteiger partial charge in [0.15, 0.2) is 5.96 Å². The Balaban J connectivity index is 1.79. The van der Waals surface area contributed by atoms with E-state index < -0.39 is 0 Å². The highest BCUT2D eigenvalue weighted by Gasteiger charge is 2.11. The Hall–Kier alpha value is 0.0500. The minimum atomic E-state index is 0.719. The average Bonchev–Trinajstić information content (AvgIpc) is 2.76. The van der Waals surface area contributed by atoms with Crippen molar-refractivity contribution in [3.05, 3.63) is 19.9 Å². The summed E-state index contributed by atoms with van der Waals surface area (Å²) in [5.74, 6) is 3.05. The van der Waals surface area contributed by atoms with Gasteiger partial charge in [-0.1, -0.05) is 0 Å². The maximum Gasteiger partial charge on any atom is 0.191 e. The van der Waals surface area contributed by atoms with Crippen LogP contribution in [0.25, 0.3) is 0 Å². The number of hydrogen-bond acceptors (Lipinski definition) is 3. The third-order valence-electron chi connectivity index (χ3n) is 2.60. The van der Waals surface area contributed by atoms with Crippen LogP contribution in [-0.2, 0) is 6.42 Å². The van der Waals surface area contributed by atoms with Crippen LogP contribution >= 0.6 is 45.7 Å². The molecule has 2 heterocycles. The summed E-state index contributed by atoms with van der Waals surface area (Å²) in [4.78, 5) is 8.05. The molecule has 0 bridgehead atoms. The van der Waals surface area contributed by atoms with Crippen LogP contribution in [0.5, 0.6) is 0 Å². The third kappa shape index (κ3) is 4.33. The fraction of sp³-hybridized carbons (Fsp3) is 0.545. The number of halogens is 1. The average molecular weight is 381 g/mol. The van der Waals surface area contributed by atoms with Crippen LogP contribution in [0.1, 0.15) is 4.88 Å². The van der Waals surface area contributed by atoms with Gasteiger partial charge in [0.2, 0.25) is 0 Å². The Labute approximate surface area is 124 Å². The molecule has 0 unspecified atom stereocenters. The van der Waals surface area contributed by atoms with Crippen LogP contribution in [0.4, 0.5) is 0 Å². The lowest BCUT2D eigenvalue weighted by Crippen LogP contribution is -2.42. The monoisotopic (exact) mass is 381 g/mol. The van der Waals surface area contributed by atoms with Crippen LogP contribution in [0.3, 0.4) is 0 Å². The van der Waals surface area contributed by atoms with Crippen molar-refractivity contribution in [1.29, 1.82) is 0 Å². The molecule has 0 radical (unpaired) electrons. The zero-order valence-corrected chi connectivity index (χ0v) is 13.4. The Bertz CT molecular complexity index is 386. The molecule has 0 saturated carbocycles. The predicted molar refractivity (Wildman–Crippen MR) is 86.1 cm³/mol. The van der Waals surface area contributed by atoms with Gasteiger partial charge >= 0.3 is 0 Å². The molecule has 0 atom stereocenters. The molecule has 6 heteroatoms. The molecular formula is C11H16IN3S2. The van der Waals surface area contributed by atoms with Crippen molar-refractivity contribution in [2.24, 2.45) is 10.7 Å². The molecule has 0 spiro atoms. The molecule has 0 aromatic carbocycles. The first-order valence-corrected chi connectivity index (χ1v) is 8.67. The van der Waals surface area contributed by atoms with Gasteiger partial charge < -0.3 is 10.6 Å². The van der Waals surface area contributed by atoms with E-state index >= 15 is 0 Å². The largest absolute Gasteiger partial charge is 0.370 e. The van der Waals surface area contributed by atoms with Crippen molar-refractivity contribution >= 4 is 51.6 Å². The van der Waals surface area contributed by atoms with E-state index in [-0.39, 0.29) is 0 Å². The van der Waals surface area contributed by atoms with E-state index in [4.69, 9.17) is 5.73 Å². The first-order valence-electron chi connectivity index (χ1n) is 5.62. The molecule has 1 aliphatic rings. The van der Waals surface area contributed by atoms with E-state index in [2.05, 4.69) is 44.6 Å². The van der Waals surface area contributed by atoms with Crippen molar-refractivity contribution in [2.75, 3.05) is 31.1 Å². The van der Waals surface area contributed by atoms with E-state index in [1.165, 1.54) is 19.3 Å². The smallest absolute Gasteiger partial charge is 0.191 e. The molecule has 1 aliphatic heterocycles. The minimum absolute atomic E-state index is 0.719. The molecule has 1 aromatic rings. The number of thioether (sulfide) groups is 1. The van der Waals surface area contributed by atoms with Crippen molar-refractivity contribution in [2.45, 2.75) is 6.42 Å². The summed E-state index contributed by atoms with van der Waals surface area (Å²) in [7, 11) is 0. The second-order valence-corrected chi connectivity index (χ2v) is 8.08. The van der Waals surface area contributed by atoms with E-state index in [0.717, 1.165) is 32.0 Å². The highest BCUT2D eigenvalue weighted by molar-refractivity contribution is 14.1. The number of aliphatic imine (C=N–C) groups is 1. The maximum absolute atomic E-state index is 5.99. The summed E-state index contributed by atoms with van der Waals surface area (Å²) in [5, 5.41) is 0. The number of thiophene rings is 1. The van der Waals surface area contributed by atoms with Gasteiger partial charge in [-0.15, -0.1) is 11.3 Å². The lowest BCUT2D eigenvalue weighted by Gasteiger charge is -2.27. The Kier molecular flexibility index (Phi) is 5.43. The van der Waals surface area contributed by atoms with Crippen LogP contribution in [-0.4, -0.2) is 42.0 Å². The Morgan fingerprint density at radius 1 is 1.41 bits per heavy atom. The fourth-order valence-corrected chi connectivity index (χ4v) is 4.31. The van der Waals surface area contributed by atoms with Crippen LogP contribution < -0.4 is 5.73 Å². The van der Waals surface area contributed by atoms with Crippen molar-refractivity contribution in [1.82, 2.24) is 4.90 Å². The molecule has 94 valence electrons. The molecule has 1 aromatic heterocycles. The zero-order chi connectivity index (χ0) is 12.1. The highest BCUT2D eigenvalue weighted by Crippen LogP contribution is 2.18. The van der Waals surface area contributed by atoms with E-state index in [0.29, 0.717) is 0 Å². The standard InChI is InChI=1S/C11H16IN3S2/c12-10-2-1-9(17-10)3-4-14-11(13)15-5-7-16-8-6-15/h1-2H,3-8H2,(H2,13,14). The number of rotatable bonds is 3. The van der Waals surface area contributed by atoms with Crippen LogP contribution in [0, 0.1) is 2.88 Å². The molecule has 1 saturated heterocycles. The first-order chi connectivity index (χ1) is 8.25. The summed E-state index contributed by atoms with van der Waals surface area (Å²) in [6.45, 7) is 2.87. The quantitative estimate of drug-likeness (QED) is 0.496. The van der Waals surface area contributed by atoms with Gasteiger partial charge in [0, 0.05) is 42.4 Å². The summed E-state index contributed by atoms with van der Waals surface area (Å²) in [6, 6.07) is 4.32. The van der Waals surface area contributed by atoms with Gasteiger partial charge in [0.05, 0.1) is 2.88 Å². The first kappa shape index (κ1) is 13.5. The number of nitrogens with two attached hydrogens (primary N) is 1. The number of nitrogens with zero attached hydrogens (tertiary/aromatic N) is 2. The molecule has 1 fully saturated rings. The van der Waals surface area contributed by atoms with E-state index in [1.807, 2.05) is 23.1 Å². The molecule has 2 N–H and O–H groups in total. The topological polar surface area (TPSA) is 41.6 Å². The number of hydrogen-bond donors (Lipinski definition) is 1. The molecule has 2 rings (SSSR count). The minimum Gasteiger partial charge on any atom is -0.370 e. The lowest BCUT2D eigenvalue weighted by molar-refractivity contribution is 0.456. The van der Waals surface area contributed by atoms with Gasteiger partial charge in [0.25, 0.3) is 0 Å². The van der Waals surface area contributed by atoms with Crippen molar-refractivity contribution in [3.63, 3.8) is 0 Å². The fourth-order valence-electron chi connectivity index (χ4n) is 1.66. The predicted octanol–water partition coefficient (Wildman–Crippen LogP) is 2.26. The molecule has 17 heavy (non-hydrogen) atoms. The number of guanidine groups is 1. The maximum atomic E-state index is 5.99.